The Morgan fingerprint density at radius 3 is 3.00 bits per heavy atom. The maximum Gasteiger partial charge on any atom is 0.149 e. The van der Waals surface area contributed by atoms with Crippen LogP contribution in [0.3, 0.4) is 0 Å². The van der Waals surface area contributed by atoms with Crippen LogP contribution in [0.4, 0.5) is 5.82 Å². The summed E-state index contributed by atoms with van der Waals surface area (Å²) in [6.07, 6.45) is 1.69. The summed E-state index contributed by atoms with van der Waals surface area (Å²) in [6, 6.07) is 1.82. The van der Waals surface area contributed by atoms with Gasteiger partial charge in [-0.05, 0) is 0 Å². The van der Waals surface area contributed by atoms with Crippen molar-refractivity contribution < 1.29 is 0 Å². The molecule has 0 unspecified atom stereocenters. The molecule has 0 aromatic carbocycles. The van der Waals surface area contributed by atoms with Crippen LogP contribution in [-0.4, -0.2) is 14.1 Å². The standard InChI is InChI=1S/C5H8N4S2/c1-9-4(2-3-6-9)7-8-5(10)11/h2-3,7H,1H3,(H2,8,10,11). The number of aromatic nitrogens is 2. The Labute approximate surface area is 75.4 Å². The van der Waals surface area contributed by atoms with E-state index >= 15 is 0 Å². The minimum absolute atomic E-state index is 0.395. The van der Waals surface area contributed by atoms with Gasteiger partial charge in [0.05, 0.1) is 6.20 Å². The van der Waals surface area contributed by atoms with Crippen molar-refractivity contribution in [2.24, 2.45) is 7.05 Å². The summed E-state index contributed by atoms with van der Waals surface area (Å²) in [6.45, 7) is 0. The van der Waals surface area contributed by atoms with E-state index in [0.29, 0.717) is 4.32 Å². The van der Waals surface area contributed by atoms with Crippen LogP contribution in [0.25, 0.3) is 0 Å². The summed E-state index contributed by atoms with van der Waals surface area (Å²) in [4.78, 5) is 0. The van der Waals surface area contributed by atoms with Gasteiger partial charge < -0.3 is 0 Å². The van der Waals surface area contributed by atoms with Gasteiger partial charge in [0, 0.05) is 13.1 Å². The molecule has 60 valence electrons. The van der Waals surface area contributed by atoms with Crippen LogP contribution in [0, 0.1) is 0 Å². The SMILES string of the molecule is Cn1nccc1NNC(=S)S. The molecule has 1 heterocycles. The van der Waals surface area contributed by atoms with Gasteiger partial charge in [-0.15, -0.1) is 12.6 Å². The Morgan fingerprint density at radius 1 is 1.82 bits per heavy atom. The van der Waals surface area contributed by atoms with Crippen LogP contribution in [0.1, 0.15) is 0 Å². The highest BCUT2D eigenvalue weighted by Crippen LogP contribution is 2.00. The number of nitrogens with zero attached hydrogens (tertiary/aromatic N) is 2. The summed E-state index contributed by atoms with van der Waals surface area (Å²) in [7, 11) is 1.82. The number of hydrogen-bond acceptors (Lipinski definition) is 3. The molecule has 1 aromatic rings. The van der Waals surface area contributed by atoms with Crippen LogP contribution in [-0.2, 0) is 7.05 Å². The molecule has 4 nitrogen and oxygen atoms in total. The highest BCUT2D eigenvalue weighted by atomic mass is 32.1. The third-order valence-corrected chi connectivity index (χ3v) is 1.33. The topological polar surface area (TPSA) is 41.9 Å². The Bertz CT molecular complexity index is 257. The van der Waals surface area contributed by atoms with Gasteiger partial charge in [-0.25, -0.2) is 0 Å². The second-order valence-corrected chi connectivity index (χ2v) is 3.05. The van der Waals surface area contributed by atoms with Gasteiger partial charge in [0.25, 0.3) is 0 Å². The Balaban J connectivity index is 2.51. The summed E-state index contributed by atoms with van der Waals surface area (Å²) in [5.74, 6) is 0.835. The van der Waals surface area contributed by atoms with Crippen molar-refractivity contribution in [3.05, 3.63) is 12.3 Å². The molecule has 0 atom stereocenters. The largest absolute Gasteiger partial charge is 0.284 e. The quantitative estimate of drug-likeness (QED) is 0.360. The van der Waals surface area contributed by atoms with Gasteiger partial charge in [-0.1, -0.05) is 12.2 Å². The molecule has 0 spiro atoms. The highest BCUT2D eigenvalue weighted by molar-refractivity contribution is 8.11. The van der Waals surface area contributed by atoms with E-state index in [0.717, 1.165) is 5.82 Å². The van der Waals surface area contributed by atoms with Crippen molar-refractivity contribution in [3.8, 4) is 0 Å². The summed E-state index contributed by atoms with van der Waals surface area (Å²) in [5.41, 5.74) is 5.50. The first kappa shape index (κ1) is 8.35. The zero-order valence-corrected chi connectivity index (χ0v) is 7.62. The monoisotopic (exact) mass is 188 g/mol. The van der Waals surface area contributed by atoms with E-state index in [9.17, 15) is 0 Å². The van der Waals surface area contributed by atoms with Gasteiger partial charge in [-0.3, -0.25) is 15.5 Å². The van der Waals surface area contributed by atoms with Crippen LogP contribution in [0.5, 0.6) is 0 Å². The van der Waals surface area contributed by atoms with E-state index in [4.69, 9.17) is 0 Å². The third kappa shape index (κ3) is 2.39. The predicted molar refractivity (Wildman–Crippen MR) is 51.6 cm³/mol. The van der Waals surface area contributed by atoms with E-state index in [2.05, 4.69) is 40.8 Å². The number of thiol groups is 1. The zero-order valence-electron chi connectivity index (χ0n) is 5.90. The molecule has 0 radical (unpaired) electrons. The minimum atomic E-state index is 0.395. The van der Waals surface area contributed by atoms with E-state index in [1.54, 1.807) is 10.9 Å². The summed E-state index contributed by atoms with van der Waals surface area (Å²) >= 11 is 8.54. The molecule has 0 aliphatic rings. The molecule has 0 amide bonds. The number of hydrazine groups is 1. The first-order valence-electron chi connectivity index (χ1n) is 2.93. The average Bonchev–Trinajstić information content (AvgIpc) is 2.31. The fourth-order valence-electron chi connectivity index (χ4n) is 0.614. The average molecular weight is 188 g/mol. The minimum Gasteiger partial charge on any atom is -0.284 e. The predicted octanol–water partition coefficient (Wildman–Crippen LogP) is 0.551. The Hall–Kier alpha value is -0.750. The lowest BCUT2D eigenvalue weighted by molar-refractivity contribution is 0.767. The number of anilines is 1. The normalized spacial score (nSPS) is 9.27. The first-order valence-corrected chi connectivity index (χ1v) is 3.78. The number of rotatable bonds is 2. The molecule has 0 fully saturated rings. The van der Waals surface area contributed by atoms with Gasteiger partial charge >= 0.3 is 0 Å². The van der Waals surface area contributed by atoms with Crippen molar-refractivity contribution in [2.45, 2.75) is 0 Å². The summed E-state index contributed by atoms with van der Waals surface area (Å²) < 4.78 is 2.07. The maximum atomic E-state index is 4.67. The molecule has 0 bridgehead atoms. The highest BCUT2D eigenvalue weighted by Gasteiger charge is 1.94. The van der Waals surface area contributed by atoms with Crippen molar-refractivity contribution in [1.29, 1.82) is 0 Å². The van der Waals surface area contributed by atoms with E-state index < -0.39 is 0 Å². The van der Waals surface area contributed by atoms with E-state index in [1.807, 2.05) is 13.1 Å². The van der Waals surface area contributed by atoms with Gasteiger partial charge in [0.15, 0.2) is 0 Å². The molecule has 0 aliphatic heterocycles. The van der Waals surface area contributed by atoms with Gasteiger partial charge in [-0.2, -0.15) is 5.10 Å². The van der Waals surface area contributed by atoms with Crippen LogP contribution >= 0.6 is 24.8 Å². The van der Waals surface area contributed by atoms with Crippen molar-refractivity contribution in [1.82, 2.24) is 15.2 Å². The summed E-state index contributed by atoms with van der Waals surface area (Å²) in [5, 5.41) is 3.94. The fourth-order valence-corrected chi connectivity index (χ4v) is 0.721. The lowest BCUT2D eigenvalue weighted by Crippen LogP contribution is -2.25. The van der Waals surface area contributed by atoms with Gasteiger partial charge in [0.1, 0.15) is 10.1 Å². The molecule has 1 rings (SSSR count). The number of thiocarbonyl (C=S) groups is 1. The number of hydrogen-bond donors (Lipinski definition) is 3. The Kier molecular flexibility index (Phi) is 2.72. The second kappa shape index (κ2) is 3.59. The number of aryl methyl sites for hydroxylation is 1. The molecule has 6 heteroatoms. The zero-order chi connectivity index (χ0) is 8.27. The van der Waals surface area contributed by atoms with Crippen molar-refractivity contribution in [2.75, 3.05) is 5.43 Å². The van der Waals surface area contributed by atoms with E-state index in [-0.39, 0.29) is 0 Å². The molecular formula is C5H8N4S2. The van der Waals surface area contributed by atoms with Crippen LogP contribution < -0.4 is 10.9 Å². The smallest absolute Gasteiger partial charge is 0.149 e. The van der Waals surface area contributed by atoms with Crippen LogP contribution in [0.15, 0.2) is 12.3 Å². The molecule has 11 heavy (non-hydrogen) atoms. The number of nitrogens with one attached hydrogen (secondary N) is 2. The first-order chi connectivity index (χ1) is 5.20. The van der Waals surface area contributed by atoms with Crippen LogP contribution in [0.2, 0.25) is 0 Å². The maximum absolute atomic E-state index is 4.67. The molecule has 0 saturated heterocycles. The van der Waals surface area contributed by atoms with Crippen molar-refractivity contribution in [3.63, 3.8) is 0 Å². The molecule has 0 saturated carbocycles. The Morgan fingerprint density at radius 2 is 2.55 bits per heavy atom. The third-order valence-electron chi connectivity index (χ3n) is 1.12. The lowest BCUT2D eigenvalue weighted by Gasteiger charge is -2.05. The molecule has 2 N–H and O–H groups in total. The van der Waals surface area contributed by atoms with Gasteiger partial charge in [0.2, 0.25) is 0 Å². The molecule has 1 aromatic heterocycles. The molecule has 0 aliphatic carbocycles. The van der Waals surface area contributed by atoms with Crippen molar-refractivity contribution >= 4 is 35.0 Å². The fraction of sp³-hybridized carbons (Fsp3) is 0.200. The van der Waals surface area contributed by atoms with E-state index in [1.165, 1.54) is 0 Å². The second-order valence-electron chi connectivity index (χ2n) is 1.90. The lowest BCUT2D eigenvalue weighted by atomic mass is 10.6. The molecular weight excluding hydrogens is 180 g/mol.